The zero-order chi connectivity index (χ0) is 50.3. The van der Waals surface area contributed by atoms with E-state index in [0.717, 1.165) is 100 Å². The van der Waals surface area contributed by atoms with Crippen molar-refractivity contribution in [3.8, 4) is 0 Å². The third-order valence-electron chi connectivity index (χ3n) is 16.5. The van der Waals surface area contributed by atoms with Gasteiger partial charge in [-0.1, -0.05) is 113 Å². The van der Waals surface area contributed by atoms with Gasteiger partial charge in [0.1, 0.15) is 11.2 Å². The first-order valence-corrected chi connectivity index (χ1v) is 25.9. The summed E-state index contributed by atoms with van der Waals surface area (Å²) in [4.78, 5) is 5.07. The molecular formula is C68H64N2O2. The summed E-state index contributed by atoms with van der Waals surface area (Å²) < 4.78 is 14.2. The van der Waals surface area contributed by atoms with E-state index in [2.05, 4.69) is 228 Å². The zero-order valence-electron chi connectivity index (χ0n) is 44.4. The molecule has 0 spiro atoms. The van der Waals surface area contributed by atoms with Gasteiger partial charge < -0.3 is 18.6 Å². The molecule has 0 radical (unpaired) electrons. The first kappa shape index (κ1) is 45.6. The molecule has 0 bridgehead atoms. The number of anilines is 6. The van der Waals surface area contributed by atoms with Gasteiger partial charge in [0.2, 0.25) is 0 Å². The maximum Gasteiger partial charge on any atom is 0.159 e. The fourth-order valence-electron chi connectivity index (χ4n) is 12.1. The predicted molar refractivity (Wildman–Crippen MR) is 310 cm³/mol. The molecule has 358 valence electrons. The Morgan fingerprint density at radius 2 is 0.653 bits per heavy atom. The van der Waals surface area contributed by atoms with Crippen LogP contribution < -0.4 is 9.80 Å². The van der Waals surface area contributed by atoms with Crippen molar-refractivity contribution in [2.24, 2.45) is 0 Å². The van der Waals surface area contributed by atoms with Gasteiger partial charge in [0.05, 0.1) is 22.7 Å². The normalized spacial score (nSPS) is 12.3. The molecule has 2 aromatic heterocycles. The highest BCUT2D eigenvalue weighted by molar-refractivity contribution is 6.30. The van der Waals surface area contributed by atoms with Crippen molar-refractivity contribution in [1.82, 2.24) is 0 Å². The minimum absolute atomic E-state index is 0.234. The van der Waals surface area contributed by atoms with E-state index in [1.165, 1.54) is 76.8 Å². The highest BCUT2D eigenvalue weighted by atomic mass is 16.3. The van der Waals surface area contributed by atoms with Crippen LogP contribution in [-0.4, -0.2) is 0 Å². The molecule has 10 aromatic carbocycles. The summed E-state index contributed by atoms with van der Waals surface area (Å²) in [5, 5.41) is 12.1. The topological polar surface area (TPSA) is 32.8 Å². The van der Waals surface area contributed by atoms with Crippen molar-refractivity contribution < 1.29 is 8.83 Å². The average molecular weight is 941 g/mol. The van der Waals surface area contributed by atoms with E-state index in [1.54, 1.807) is 0 Å². The van der Waals surface area contributed by atoms with Gasteiger partial charge in [0, 0.05) is 43.7 Å². The summed E-state index contributed by atoms with van der Waals surface area (Å²) in [5.74, 6) is 0.469. The van der Waals surface area contributed by atoms with Crippen molar-refractivity contribution in [2.75, 3.05) is 9.80 Å². The fraction of sp³-hybridized carbons (Fsp3) is 0.235. The van der Waals surface area contributed by atoms with E-state index >= 15 is 0 Å². The highest BCUT2D eigenvalue weighted by Gasteiger charge is 2.30. The Hall–Kier alpha value is -7.56. The van der Waals surface area contributed by atoms with Gasteiger partial charge in [0.15, 0.2) is 11.2 Å². The van der Waals surface area contributed by atoms with Gasteiger partial charge >= 0.3 is 0 Å². The monoisotopic (exact) mass is 940 g/mol. The van der Waals surface area contributed by atoms with Crippen LogP contribution in [0.15, 0.2) is 130 Å². The molecule has 0 atom stereocenters. The van der Waals surface area contributed by atoms with E-state index in [9.17, 15) is 0 Å². The van der Waals surface area contributed by atoms with Gasteiger partial charge in [-0.15, -0.1) is 0 Å². The van der Waals surface area contributed by atoms with E-state index in [4.69, 9.17) is 8.83 Å². The van der Waals surface area contributed by atoms with Crippen molar-refractivity contribution in [3.05, 3.63) is 188 Å². The largest absolute Gasteiger partial charge is 0.454 e. The molecule has 0 aliphatic heterocycles. The Bertz CT molecular complexity index is 3910. The number of benzene rings is 10. The van der Waals surface area contributed by atoms with Crippen molar-refractivity contribution in [3.63, 3.8) is 0 Å². The molecule has 72 heavy (non-hydrogen) atoms. The Balaban J connectivity index is 1.25. The number of rotatable bonds is 8. The Morgan fingerprint density at radius 3 is 1.01 bits per heavy atom. The molecule has 4 heteroatoms. The number of hydrogen-bond donors (Lipinski definition) is 0. The summed E-state index contributed by atoms with van der Waals surface area (Å²) >= 11 is 0. The molecule has 12 rings (SSSR count). The second-order valence-corrected chi connectivity index (χ2v) is 21.8. The molecule has 0 aliphatic rings. The van der Waals surface area contributed by atoms with Crippen molar-refractivity contribution >= 4 is 110 Å². The molecule has 0 saturated carbocycles. The van der Waals surface area contributed by atoms with Crippen LogP contribution in [0.25, 0.3) is 76.2 Å². The summed E-state index contributed by atoms with van der Waals surface area (Å²) in [6.07, 6.45) is 0. The molecule has 0 fully saturated rings. The molecule has 12 aromatic rings. The maximum atomic E-state index is 7.11. The SMILES string of the molecule is Cc1cc(N(c2cc(C(C)C)c3ccc4c(N(c5cc(C)c(C)c(C)c5)c5c(C)ccc6c5oc5c(C)cccc56)cc(C(C)C)c5ccc2c3c54)c2c(C)ccc3c2oc2c(C)cccc23)cc(C)c1C. The Kier molecular flexibility index (Phi) is 10.4. The number of para-hydroxylation sites is 2. The lowest BCUT2D eigenvalue weighted by Crippen LogP contribution is -2.15. The molecule has 2 heterocycles. The van der Waals surface area contributed by atoms with E-state index in [0.29, 0.717) is 0 Å². The minimum Gasteiger partial charge on any atom is -0.454 e. The second-order valence-electron chi connectivity index (χ2n) is 21.8. The second kappa shape index (κ2) is 16.5. The third-order valence-corrected chi connectivity index (χ3v) is 16.5. The lowest BCUT2D eigenvalue weighted by molar-refractivity contribution is 0.665. The van der Waals surface area contributed by atoms with E-state index < -0.39 is 0 Å². The molecule has 0 aliphatic carbocycles. The van der Waals surface area contributed by atoms with Gasteiger partial charge in [-0.2, -0.15) is 0 Å². The minimum atomic E-state index is 0.234. The number of aryl methyl sites for hydroxylation is 8. The van der Waals surface area contributed by atoms with E-state index in [1.807, 2.05) is 0 Å². The van der Waals surface area contributed by atoms with Crippen LogP contribution in [0, 0.1) is 69.2 Å². The summed E-state index contributed by atoms with van der Waals surface area (Å²) in [7, 11) is 0. The van der Waals surface area contributed by atoms with Crippen LogP contribution in [0.5, 0.6) is 0 Å². The lowest BCUT2D eigenvalue weighted by Gasteiger charge is -2.33. The molecule has 0 saturated heterocycles. The van der Waals surface area contributed by atoms with E-state index in [-0.39, 0.29) is 11.8 Å². The Labute approximate surface area is 423 Å². The number of nitrogens with zero attached hydrogens (tertiary/aromatic N) is 2. The smallest absolute Gasteiger partial charge is 0.159 e. The summed E-state index contributed by atoms with van der Waals surface area (Å²) in [6, 6.07) is 46.2. The quantitative estimate of drug-likeness (QED) is 0.142. The fourth-order valence-corrected chi connectivity index (χ4v) is 12.1. The van der Waals surface area contributed by atoms with Gasteiger partial charge in [0.25, 0.3) is 0 Å². The first-order valence-electron chi connectivity index (χ1n) is 25.9. The van der Waals surface area contributed by atoms with Gasteiger partial charge in [-0.05, 0) is 206 Å². The van der Waals surface area contributed by atoms with Crippen molar-refractivity contribution in [2.45, 2.75) is 109 Å². The van der Waals surface area contributed by atoms with Crippen LogP contribution in [0.3, 0.4) is 0 Å². The third kappa shape index (κ3) is 6.64. The standard InChI is InChI=1S/C68H64N2O2/c1-35(2)57-33-59(69(47-29-41(9)45(13)42(10)30-47)63-37(5)21-23-53-51-19-15-17-39(7)65(51)71-67(53)63)55-28-26-50-58(36(3)4)34-60(56-27-25-49(57)61(55)62(50)56)70(48-31-43(11)46(14)44(12)32-48)64-38(6)22-24-54-52-20-16-18-40(8)66(52)72-68(54)64/h15-36H,1-14H3. The molecule has 0 unspecified atom stereocenters. The van der Waals surface area contributed by atoms with Crippen LogP contribution in [0.4, 0.5) is 34.1 Å². The molecular weight excluding hydrogens is 877 g/mol. The number of fused-ring (bicyclic) bond motifs is 6. The van der Waals surface area contributed by atoms with Crippen molar-refractivity contribution in [1.29, 1.82) is 0 Å². The maximum absolute atomic E-state index is 7.11. The van der Waals surface area contributed by atoms with Gasteiger partial charge in [-0.3, -0.25) is 0 Å². The van der Waals surface area contributed by atoms with Crippen LogP contribution in [0.2, 0.25) is 0 Å². The predicted octanol–water partition coefficient (Wildman–Crippen LogP) is 20.7. The molecule has 0 amide bonds. The van der Waals surface area contributed by atoms with Gasteiger partial charge in [-0.25, -0.2) is 0 Å². The lowest BCUT2D eigenvalue weighted by atomic mass is 9.83. The first-order chi connectivity index (χ1) is 34.5. The van der Waals surface area contributed by atoms with Crippen LogP contribution in [-0.2, 0) is 0 Å². The zero-order valence-corrected chi connectivity index (χ0v) is 44.4. The highest BCUT2D eigenvalue weighted by Crippen LogP contribution is 2.54. The summed E-state index contributed by atoms with van der Waals surface area (Å²) in [5.41, 5.74) is 25.3. The number of furan rings is 2. The summed E-state index contributed by atoms with van der Waals surface area (Å²) in [6.45, 7) is 31.7. The molecule has 0 N–H and O–H groups in total. The van der Waals surface area contributed by atoms with Crippen LogP contribution >= 0.6 is 0 Å². The van der Waals surface area contributed by atoms with Crippen LogP contribution in [0.1, 0.15) is 106 Å². The molecule has 4 nitrogen and oxygen atoms in total. The average Bonchev–Trinajstić information content (AvgIpc) is 3.93. The Morgan fingerprint density at radius 1 is 0.319 bits per heavy atom. The number of hydrogen-bond acceptors (Lipinski definition) is 4.